The summed E-state index contributed by atoms with van der Waals surface area (Å²) >= 11 is 0. The predicted molar refractivity (Wildman–Crippen MR) is 101 cm³/mol. The van der Waals surface area contributed by atoms with E-state index in [0.717, 1.165) is 0 Å². The molecule has 126 valence electrons. The van der Waals surface area contributed by atoms with Crippen LogP contribution in [0.3, 0.4) is 0 Å². The van der Waals surface area contributed by atoms with Crippen molar-refractivity contribution in [1.82, 2.24) is 0 Å². The standard InChI is InChI=1S/C15H12FNO.C7H8/c1-11(18)13-7-3-5-9-15(13)17-10-12-6-2-4-8-14(12)16;1-7-5-3-2-4-6-7/h2-10H,1H3;2-6H,1H3. The zero-order chi connectivity index (χ0) is 18.1. The molecule has 0 aliphatic carbocycles. The maximum Gasteiger partial charge on any atom is 0.161 e. The molecule has 0 atom stereocenters. The Morgan fingerprint density at radius 1 is 0.880 bits per heavy atom. The summed E-state index contributed by atoms with van der Waals surface area (Å²) in [5, 5.41) is 0. The summed E-state index contributed by atoms with van der Waals surface area (Å²) < 4.78 is 13.4. The molecule has 3 heteroatoms. The van der Waals surface area contributed by atoms with Crippen molar-refractivity contribution in [3.8, 4) is 0 Å². The second kappa shape index (κ2) is 9.28. The fourth-order valence-electron chi connectivity index (χ4n) is 2.14. The highest BCUT2D eigenvalue weighted by molar-refractivity contribution is 5.99. The van der Waals surface area contributed by atoms with Gasteiger partial charge in [0.15, 0.2) is 5.78 Å². The Labute approximate surface area is 147 Å². The number of halogens is 1. The van der Waals surface area contributed by atoms with Gasteiger partial charge in [-0.15, -0.1) is 0 Å². The highest BCUT2D eigenvalue weighted by Gasteiger charge is 2.04. The SMILES string of the molecule is CC(=O)c1ccccc1N=Cc1ccccc1F.Cc1ccccc1. The molecule has 0 aromatic heterocycles. The first-order valence-corrected chi connectivity index (χ1v) is 7.98. The summed E-state index contributed by atoms with van der Waals surface area (Å²) in [5.74, 6) is -0.391. The monoisotopic (exact) mass is 333 g/mol. The number of carbonyl (C=O) groups is 1. The van der Waals surface area contributed by atoms with Gasteiger partial charge in [-0.25, -0.2) is 4.39 Å². The van der Waals surface area contributed by atoms with E-state index in [4.69, 9.17) is 0 Å². The molecule has 0 N–H and O–H groups in total. The molecule has 0 saturated carbocycles. The molecule has 3 aromatic carbocycles. The molecule has 0 unspecified atom stereocenters. The lowest BCUT2D eigenvalue weighted by atomic mass is 10.1. The number of para-hydroxylation sites is 1. The van der Waals surface area contributed by atoms with Crippen LogP contribution in [0.1, 0.15) is 28.4 Å². The van der Waals surface area contributed by atoms with Crippen molar-refractivity contribution >= 4 is 17.7 Å². The van der Waals surface area contributed by atoms with Crippen molar-refractivity contribution in [2.45, 2.75) is 13.8 Å². The van der Waals surface area contributed by atoms with E-state index < -0.39 is 0 Å². The van der Waals surface area contributed by atoms with Crippen LogP contribution in [0, 0.1) is 12.7 Å². The van der Waals surface area contributed by atoms with Gasteiger partial charge in [0.25, 0.3) is 0 Å². The molecule has 0 radical (unpaired) electrons. The quantitative estimate of drug-likeness (QED) is 0.442. The van der Waals surface area contributed by atoms with Gasteiger partial charge in [-0.1, -0.05) is 66.2 Å². The van der Waals surface area contributed by atoms with Crippen LogP contribution in [0.25, 0.3) is 0 Å². The highest BCUT2D eigenvalue weighted by atomic mass is 19.1. The first-order valence-electron chi connectivity index (χ1n) is 7.98. The van der Waals surface area contributed by atoms with Gasteiger partial charge < -0.3 is 0 Å². The number of hydrogen-bond donors (Lipinski definition) is 0. The van der Waals surface area contributed by atoms with Crippen LogP contribution in [0.5, 0.6) is 0 Å². The number of carbonyl (C=O) groups excluding carboxylic acids is 1. The number of aliphatic imine (C=N–C) groups is 1. The lowest BCUT2D eigenvalue weighted by molar-refractivity contribution is 0.101. The highest BCUT2D eigenvalue weighted by Crippen LogP contribution is 2.19. The molecule has 0 heterocycles. The van der Waals surface area contributed by atoms with Crippen LogP contribution < -0.4 is 0 Å². The van der Waals surface area contributed by atoms with E-state index in [2.05, 4.69) is 24.0 Å². The summed E-state index contributed by atoms with van der Waals surface area (Å²) in [5.41, 5.74) is 2.80. The number of hydrogen-bond acceptors (Lipinski definition) is 2. The van der Waals surface area contributed by atoms with Crippen molar-refractivity contribution in [3.05, 3.63) is 101 Å². The zero-order valence-electron chi connectivity index (χ0n) is 14.3. The molecular formula is C22H20FNO. The summed E-state index contributed by atoms with van der Waals surface area (Å²) in [4.78, 5) is 15.6. The lowest BCUT2D eigenvalue weighted by Crippen LogP contribution is -1.92. The fourth-order valence-corrected chi connectivity index (χ4v) is 2.14. The van der Waals surface area contributed by atoms with Gasteiger partial charge in [0.2, 0.25) is 0 Å². The average molecular weight is 333 g/mol. The van der Waals surface area contributed by atoms with Gasteiger partial charge in [0, 0.05) is 17.3 Å². The summed E-state index contributed by atoms with van der Waals surface area (Å²) in [6, 6.07) is 23.6. The Morgan fingerprint density at radius 3 is 2.08 bits per heavy atom. The van der Waals surface area contributed by atoms with E-state index in [1.807, 2.05) is 18.2 Å². The Morgan fingerprint density at radius 2 is 1.48 bits per heavy atom. The molecule has 0 saturated heterocycles. The number of nitrogens with zero attached hydrogens (tertiary/aromatic N) is 1. The molecule has 0 bridgehead atoms. The van der Waals surface area contributed by atoms with Crippen molar-refractivity contribution in [1.29, 1.82) is 0 Å². The molecule has 2 nitrogen and oxygen atoms in total. The number of benzene rings is 3. The number of Topliss-reactive ketones (excluding diaryl/α,β-unsaturated/α-hetero) is 1. The van der Waals surface area contributed by atoms with Crippen molar-refractivity contribution in [2.75, 3.05) is 0 Å². The minimum absolute atomic E-state index is 0.0590. The third-order valence-electron chi connectivity index (χ3n) is 3.47. The van der Waals surface area contributed by atoms with Gasteiger partial charge in [-0.2, -0.15) is 0 Å². The van der Waals surface area contributed by atoms with E-state index in [9.17, 15) is 9.18 Å². The Hall–Kier alpha value is -3.07. The maximum absolute atomic E-state index is 13.4. The van der Waals surface area contributed by atoms with Crippen molar-refractivity contribution in [3.63, 3.8) is 0 Å². The third kappa shape index (κ3) is 5.81. The molecule has 0 amide bonds. The Balaban J connectivity index is 0.000000269. The van der Waals surface area contributed by atoms with E-state index in [0.29, 0.717) is 16.8 Å². The molecule has 0 fully saturated rings. The minimum Gasteiger partial charge on any atom is -0.294 e. The number of aryl methyl sites for hydroxylation is 1. The van der Waals surface area contributed by atoms with Gasteiger partial charge in [0.1, 0.15) is 5.82 Å². The van der Waals surface area contributed by atoms with E-state index in [1.54, 1.807) is 42.5 Å². The molecule has 3 aromatic rings. The molecule has 0 aliphatic rings. The first kappa shape index (κ1) is 18.3. The topological polar surface area (TPSA) is 29.4 Å². The number of ketones is 1. The van der Waals surface area contributed by atoms with Gasteiger partial charge in [-0.05, 0) is 32.0 Å². The zero-order valence-corrected chi connectivity index (χ0v) is 14.3. The Bertz CT molecular complexity index is 857. The van der Waals surface area contributed by atoms with Gasteiger partial charge in [0.05, 0.1) is 5.69 Å². The molecule has 3 rings (SSSR count). The molecule has 0 aliphatic heterocycles. The predicted octanol–water partition coefficient (Wildman–Crippen LogP) is 5.77. The smallest absolute Gasteiger partial charge is 0.161 e. The van der Waals surface area contributed by atoms with E-state index in [-0.39, 0.29) is 11.6 Å². The first-order chi connectivity index (χ1) is 12.1. The Kier molecular flexibility index (Phi) is 6.78. The lowest BCUT2D eigenvalue weighted by Gasteiger charge is -2.01. The normalized spacial score (nSPS) is 10.2. The largest absolute Gasteiger partial charge is 0.294 e. The van der Waals surface area contributed by atoms with Crippen molar-refractivity contribution < 1.29 is 9.18 Å². The van der Waals surface area contributed by atoms with Crippen LogP contribution in [-0.2, 0) is 0 Å². The molecule has 25 heavy (non-hydrogen) atoms. The minimum atomic E-state index is -0.332. The van der Waals surface area contributed by atoms with E-state index >= 15 is 0 Å². The molecule has 0 spiro atoms. The number of rotatable bonds is 3. The van der Waals surface area contributed by atoms with Gasteiger partial charge >= 0.3 is 0 Å². The third-order valence-corrected chi connectivity index (χ3v) is 3.47. The molecular weight excluding hydrogens is 313 g/mol. The van der Waals surface area contributed by atoms with Crippen molar-refractivity contribution in [2.24, 2.45) is 4.99 Å². The van der Waals surface area contributed by atoms with Crippen LogP contribution in [0.4, 0.5) is 10.1 Å². The maximum atomic E-state index is 13.4. The second-order valence-corrected chi connectivity index (χ2v) is 5.51. The summed E-state index contributed by atoms with van der Waals surface area (Å²) in [6.07, 6.45) is 1.43. The van der Waals surface area contributed by atoms with Crippen LogP contribution in [-0.4, -0.2) is 12.0 Å². The summed E-state index contributed by atoms with van der Waals surface area (Å²) in [7, 11) is 0. The van der Waals surface area contributed by atoms with Crippen LogP contribution in [0.2, 0.25) is 0 Å². The second-order valence-electron chi connectivity index (χ2n) is 5.51. The van der Waals surface area contributed by atoms with Gasteiger partial charge in [-0.3, -0.25) is 9.79 Å². The van der Waals surface area contributed by atoms with Crippen LogP contribution in [0.15, 0.2) is 83.9 Å². The van der Waals surface area contributed by atoms with E-state index in [1.165, 1.54) is 24.8 Å². The fraction of sp³-hybridized carbons (Fsp3) is 0.0909. The average Bonchev–Trinajstić information content (AvgIpc) is 2.62. The van der Waals surface area contributed by atoms with Crippen LogP contribution >= 0.6 is 0 Å². The summed E-state index contributed by atoms with van der Waals surface area (Å²) in [6.45, 7) is 3.57.